The Labute approximate surface area is 388 Å². The van der Waals surface area contributed by atoms with Crippen molar-refractivity contribution in [3.05, 3.63) is 238 Å². The van der Waals surface area contributed by atoms with Crippen LogP contribution in [0.4, 0.5) is 0 Å². The van der Waals surface area contributed by atoms with Crippen molar-refractivity contribution in [3.63, 3.8) is 0 Å². The van der Waals surface area contributed by atoms with Gasteiger partial charge in [-0.15, -0.1) is 0 Å². The van der Waals surface area contributed by atoms with Crippen molar-refractivity contribution in [1.82, 2.24) is 10.6 Å². The molecule has 6 heteroatoms. The first kappa shape index (κ1) is 44.3. The highest BCUT2D eigenvalue weighted by Crippen LogP contribution is 2.48. The molecule has 2 atom stereocenters. The Kier molecular flexibility index (Phi) is 12.2. The quantitative estimate of drug-likeness (QED) is 0.0919. The van der Waals surface area contributed by atoms with Crippen LogP contribution in [0.3, 0.4) is 0 Å². The maximum Gasteiger partial charge on any atom is 0.236 e. The number of hydrogen-bond donors (Lipinski definition) is 4. The maximum absolute atomic E-state index is 16.0. The molecule has 0 saturated heterocycles. The standard InChI is InChI=1S/C60H58N2O4/c1-40-18-12-26-46(36-40)59(65,47-27-13-19-41(2)37-47)54(52-32-16-24-44-22-6-8-30-50(44)52)61-56(63)58(34-10-5-11-35-58)57(64)62-55(53-33-17-25-45-23-7-9-31-51(45)53)60(66,48-28-14-20-42(3)38-48)49-29-15-21-43(4)39-49/h6-9,12-33,36-39,54-55,65-66H,5,10-11,34-35H2,1-4H3,(H,61,63)(H,62,64)/t54-,55-/m0/s1. The summed E-state index contributed by atoms with van der Waals surface area (Å²) in [7, 11) is 0. The first-order valence-corrected chi connectivity index (χ1v) is 23.2. The number of fused-ring (bicyclic) bond motifs is 2. The topological polar surface area (TPSA) is 98.7 Å². The van der Waals surface area contributed by atoms with E-state index in [1.165, 1.54) is 0 Å². The summed E-state index contributed by atoms with van der Waals surface area (Å²) < 4.78 is 0. The number of hydrogen-bond acceptors (Lipinski definition) is 4. The van der Waals surface area contributed by atoms with E-state index < -0.39 is 40.5 Å². The lowest BCUT2D eigenvalue weighted by Crippen LogP contribution is -2.57. The van der Waals surface area contributed by atoms with Crippen LogP contribution in [0.5, 0.6) is 0 Å². The van der Waals surface area contributed by atoms with Crippen molar-refractivity contribution < 1.29 is 19.8 Å². The van der Waals surface area contributed by atoms with E-state index in [4.69, 9.17) is 0 Å². The van der Waals surface area contributed by atoms with E-state index in [2.05, 4.69) is 10.6 Å². The molecule has 0 heterocycles. The third-order valence-corrected chi connectivity index (χ3v) is 14.1. The van der Waals surface area contributed by atoms with E-state index in [0.717, 1.165) is 61.3 Å². The highest BCUT2D eigenvalue weighted by molar-refractivity contribution is 6.06. The van der Waals surface area contributed by atoms with Gasteiger partial charge in [0.25, 0.3) is 0 Å². The molecule has 2 amide bonds. The average molecular weight is 871 g/mol. The van der Waals surface area contributed by atoms with Crippen LogP contribution in [0.1, 0.15) is 99.8 Å². The molecular weight excluding hydrogens is 813 g/mol. The van der Waals surface area contributed by atoms with Crippen molar-refractivity contribution in [3.8, 4) is 0 Å². The Hall–Kier alpha value is -6.86. The van der Waals surface area contributed by atoms with Crippen molar-refractivity contribution in [2.45, 2.75) is 83.1 Å². The number of aliphatic hydroxyl groups is 2. The lowest BCUT2D eigenvalue weighted by molar-refractivity contribution is -0.149. The number of rotatable bonds is 12. The van der Waals surface area contributed by atoms with Crippen molar-refractivity contribution in [2.75, 3.05) is 0 Å². The summed E-state index contributed by atoms with van der Waals surface area (Å²) >= 11 is 0. The van der Waals surface area contributed by atoms with Gasteiger partial charge in [0.15, 0.2) is 0 Å². The minimum atomic E-state index is -1.79. The number of aryl methyl sites for hydroxylation is 4. The Balaban J connectivity index is 1.23. The summed E-state index contributed by atoms with van der Waals surface area (Å²) in [5, 5.41) is 38.1. The van der Waals surface area contributed by atoms with Gasteiger partial charge in [0.2, 0.25) is 11.8 Å². The Morgan fingerprint density at radius 3 is 1.11 bits per heavy atom. The largest absolute Gasteiger partial charge is 0.378 e. The number of amides is 2. The van der Waals surface area contributed by atoms with Gasteiger partial charge in [-0.05, 0) is 95.5 Å². The third kappa shape index (κ3) is 8.10. The van der Waals surface area contributed by atoms with Crippen LogP contribution in [-0.2, 0) is 20.8 Å². The average Bonchev–Trinajstić information content (AvgIpc) is 3.34. The maximum atomic E-state index is 16.0. The van der Waals surface area contributed by atoms with E-state index in [1.54, 1.807) is 0 Å². The summed E-state index contributed by atoms with van der Waals surface area (Å²) in [6.07, 6.45) is 2.75. The molecule has 332 valence electrons. The second kappa shape index (κ2) is 18.2. The van der Waals surface area contributed by atoms with E-state index >= 15 is 9.59 Å². The van der Waals surface area contributed by atoms with Gasteiger partial charge in [-0.25, -0.2) is 0 Å². The molecule has 66 heavy (non-hydrogen) atoms. The summed E-state index contributed by atoms with van der Waals surface area (Å²) in [4.78, 5) is 32.0. The molecule has 0 unspecified atom stereocenters. The third-order valence-electron chi connectivity index (χ3n) is 14.1. The first-order chi connectivity index (χ1) is 31.9. The van der Waals surface area contributed by atoms with Crippen LogP contribution < -0.4 is 10.6 Å². The van der Waals surface area contributed by atoms with Gasteiger partial charge in [0, 0.05) is 0 Å². The zero-order valence-electron chi connectivity index (χ0n) is 38.2. The number of carbonyl (C=O) groups is 2. The van der Waals surface area contributed by atoms with Crippen molar-refractivity contribution >= 4 is 33.4 Å². The predicted molar refractivity (Wildman–Crippen MR) is 266 cm³/mol. The molecule has 1 saturated carbocycles. The minimum absolute atomic E-state index is 0.288. The molecular formula is C60H58N2O4. The predicted octanol–water partition coefficient (Wildman–Crippen LogP) is 12.1. The van der Waals surface area contributed by atoms with Gasteiger partial charge in [0.05, 0.1) is 12.1 Å². The normalized spacial score (nSPS) is 14.9. The zero-order valence-corrected chi connectivity index (χ0v) is 38.2. The summed E-state index contributed by atoms with van der Waals surface area (Å²) in [6.45, 7) is 7.98. The van der Waals surface area contributed by atoms with E-state index in [-0.39, 0.29) is 12.8 Å². The van der Waals surface area contributed by atoms with Crippen LogP contribution in [0.2, 0.25) is 0 Å². The monoisotopic (exact) mass is 870 g/mol. The van der Waals surface area contributed by atoms with Crippen molar-refractivity contribution in [2.24, 2.45) is 5.41 Å². The second-order valence-corrected chi connectivity index (χ2v) is 18.6. The molecule has 0 aromatic heterocycles. The zero-order chi connectivity index (χ0) is 46.1. The van der Waals surface area contributed by atoms with Gasteiger partial charge in [-0.1, -0.05) is 224 Å². The van der Waals surface area contributed by atoms with Gasteiger partial charge < -0.3 is 20.8 Å². The fraction of sp³-hybridized carbons (Fsp3) is 0.233. The molecule has 0 aliphatic heterocycles. The summed E-state index contributed by atoms with van der Waals surface area (Å²) in [5.74, 6) is -0.939. The first-order valence-electron chi connectivity index (χ1n) is 23.2. The van der Waals surface area contributed by atoms with Gasteiger partial charge in [-0.2, -0.15) is 0 Å². The van der Waals surface area contributed by atoms with Gasteiger partial charge in [-0.3, -0.25) is 9.59 Å². The van der Waals surface area contributed by atoms with Gasteiger partial charge >= 0.3 is 0 Å². The number of carbonyl (C=O) groups excluding carboxylic acids is 2. The Bertz CT molecular complexity index is 2770. The van der Waals surface area contributed by atoms with E-state index in [9.17, 15) is 10.2 Å². The van der Waals surface area contributed by atoms with Crippen LogP contribution in [0.25, 0.3) is 21.5 Å². The highest BCUT2D eigenvalue weighted by atomic mass is 16.3. The number of nitrogens with one attached hydrogen (secondary N) is 2. The molecule has 8 aromatic rings. The van der Waals surface area contributed by atoms with E-state index in [0.29, 0.717) is 35.1 Å². The molecule has 1 aliphatic carbocycles. The molecule has 1 aliphatic rings. The van der Waals surface area contributed by atoms with Crippen LogP contribution in [-0.4, -0.2) is 22.0 Å². The van der Waals surface area contributed by atoms with Crippen molar-refractivity contribution in [1.29, 1.82) is 0 Å². The summed E-state index contributed by atoms with van der Waals surface area (Å²) in [5.41, 5.74) is 2.60. The molecule has 1 fully saturated rings. The van der Waals surface area contributed by atoms with E-state index in [1.807, 2.05) is 210 Å². The summed E-state index contributed by atoms with van der Waals surface area (Å²) in [6, 6.07) is 57.1. The molecule has 0 bridgehead atoms. The Morgan fingerprint density at radius 2 is 0.758 bits per heavy atom. The number of benzene rings is 8. The lowest BCUT2D eigenvalue weighted by Gasteiger charge is -2.44. The second-order valence-electron chi connectivity index (χ2n) is 18.6. The molecule has 8 aromatic carbocycles. The SMILES string of the molecule is Cc1cccc(C(O)(c2cccc(C)c2)[C@@H](NC(=O)C2(C(=O)N[C@@H](c3cccc4ccccc34)C(O)(c3cccc(C)c3)c3cccc(C)c3)CCCCC2)c2cccc3ccccc23)c1. The van der Waals surface area contributed by atoms with Crippen LogP contribution in [0.15, 0.2) is 182 Å². The lowest BCUT2D eigenvalue weighted by atomic mass is 9.70. The molecule has 0 radical (unpaired) electrons. The molecule has 0 spiro atoms. The minimum Gasteiger partial charge on any atom is -0.378 e. The molecule has 9 rings (SSSR count). The molecule has 4 N–H and O–H groups in total. The van der Waals surface area contributed by atoms with Crippen LogP contribution in [0, 0.1) is 33.1 Å². The highest BCUT2D eigenvalue weighted by Gasteiger charge is 2.53. The fourth-order valence-electron chi connectivity index (χ4n) is 10.6. The Morgan fingerprint density at radius 1 is 0.439 bits per heavy atom. The fourth-order valence-corrected chi connectivity index (χ4v) is 10.6. The smallest absolute Gasteiger partial charge is 0.236 e. The van der Waals surface area contributed by atoms with Gasteiger partial charge in [0.1, 0.15) is 16.6 Å². The molecule has 6 nitrogen and oxygen atoms in total. The van der Waals surface area contributed by atoms with Crippen LogP contribution >= 0.6 is 0 Å².